The number of rotatable bonds is 6. The molecule has 0 N–H and O–H groups in total. The van der Waals surface area contributed by atoms with E-state index < -0.39 is 5.41 Å². The van der Waals surface area contributed by atoms with E-state index in [0.29, 0.717) is 17.6 Å². The largest absolute Gasteiger partial charge is 0.278 e. The Labute approximate surface area is 325 Å². The Kier molecular flexibility index (Phi) is 7.36. The minimum atomic E-state index is -0.544. The fourth-order valence-corrected chi connectivity index (χ4v) is 8.97. The number of hydrogen-bond acceptors (Lipinski definition) is 3. The summed E-state index contributed by atoms with van der Waals surface area (Å²) in [4.78, 5) is 15.9. The lowest BCUT2D eigenvalue weighted by Crippen LogP contribution is -2.28. The fourth-order valence-electron chi connectivity index (χ4n) is 8.97. The lowest BCUT2D eigenvalue weighted by Gasteiger charge is -2.34. The van der Waals surface area contributed by atoms with Crippen molar-refractivity contribution in [1.82, 2.24) is 19.5 Å². The van der Waals surface area contributed by atoms with Gasteiger partial charge >= 0.3 is 0 Å². The summed E-state index contributed by atoms with van der Waals surface area (Å²) in [7, 11) is 0. The molecule has 11 rings (SSSR count). The molecule has 0 spiro atoms. The van der Waals surface area contributed by atoms with Crippen LogP contribution in [-0.4, -0.2) is 19.5 Å². The molecule has 0 atom stereocenters. The summed E-state index contributed by atoms with van der Waals surface area (Å²) >= 11 is 0. The first-order chi connectivity index (χ1) is 27.8. The average molecular weight is 715 g/mol. The summed E-state index contributed by atoms with van der Waals surface area (Å²) < 4.78 is 2.25. The van der Waals surface area contributed by atoms with E-state index in [1.54, 1.807) is 0 Å². The highest BCUT2D eigenvalue weighted by molar-refractivity contribution is 6.12. The molecule has 4 heteroatoms. The van der Waals surface area contributed by atoms with Gasteiger partial charge < -0.3 is 0 Å². The lowest BCUT2D eigenvalue weighted by molar-refractivity contribution is 0.769. The van der Waals surface area contributed by atoms with Crippen LogP contribution in [-0.2, 0) is 5.41 Å². The van der Waals surface area contributed by atoms with Gasteiger partial charge in [-0.2, -0.15) is 9.97 Å². The highest BCUT2D eigenvalue weighted by Crippen LogP contribution is 2.57. The quantitative estimate of drug-likeness (QED) is 0.172. The van der Waals surface area contributed by atoms with Crippen molar-refractivity contribution >= 4 is 21.8 Å². The van der Waals surface area contributed by atoms with Gasteiger partial charge in [0, 0.05) is 21.9 Å². The van der Waals surface area contributed by atoms with Crippen molar-refractivity contribution in [1.29, 1.82) is 0 Å². The third-order valence-electron chi connectivity index (χ3n) is 11.4. The Bertz CT molecular complexity index is 3020. The molecule has 1 aliphatic carbocycles. The van der Waals surface area contributed by atoms with Crippen molar-refractivity contribution < 1.29 is 0 Å². The second-order valence-electron chi connectivity index (χ2n) is 14.4. The topological polar surface area (TPSA) is 43.6 Å². The number of fused-ring (bicyclic) bond motifs is 6. The molecule has 0 bridgehead atoms. The minimum absolute atomic E-state index is 0.544. The van der Waals surface area contributed by atoms with Crippen LogP contribution in [0, 0.1) is 0 Å². The molecule has 1 aliphatic rings. The van der Waals surface area contributed by atoms with Crippen LogP contribution in [0.3, 0.4) is 0 Å². The Balaban J connectivity index is 1.25. The molecule has 262 valence electrons. The maximum Gasteiger partial charge on any atom is 0.238 e. The van der Waals surface area contributed by atoms with Crippen LogP contribution in [0.25, 0.3) is 72.8 Å². The fraction of sp³-hybridized carbons (Fsp3) is 0.0192. The van der Waals surface area contributed by atoms with Gasteiger partial charge in [0.15, 0.2) is 11.6 Å². The maximum atomic E-state index is 5.38. The van der Waals surface area contributed by atoms with E-state index in [9.17, 15) is 0 Å². The number of para-hydroxylation sites is 1. The van der Waals surface area contributed by atoms with Crippen molar-refractivity contribution in [3.05, 3.63) is 229 Å². The molecule has 0 radical (unpaired) electrons. The number of nitrogens with zero attached hydrogens (tertiary/aromatic N) is 4. The summed E-state index contributed by atoms with van der Waals surface area (Å²) in [5.41, 5.74) is 13.0. The Morgan fingerprint density at radius 2 is 0.875 bits per heavy atom. The molecular weight excluding hydrogens is 681 g/mol. The van der Waals surface area contributed by atoms with E-state index in [1.165, 1.54) is 33.4 Å². The Morgan fingerprint density at radius 3 is 1.57 bits per heavy atom. The standard InChI is InChI=1S/C52H34N4/c1-5-19-35(20-6-1)39-27-13-14-30-42(39)50-53-49(36-21-7-2-8-22-36)54-51(55-50)56-47-32-18-16-29-41(47)44-33-43-40-28-15-17-31-45(40)52(46(43)34-48(44)56,37-23-9-3-10-24-37)38-25-11-4-12-26-38/h1-34H. The monoisotopic (exact) mass is 714 g/mol. The van der Waals surface area contributed by atoms with E-state index in [2.05, 4.69) is 187 Å². The van der Waals surface area contributed by atoms with Gasteiger partial charge in [-0.3, -0.25) is 4.57 Å². The molecule has 2 heterocycles. The third kappa shape index (κ3) is 4.83. The molecule has 0 saturated carbocycles. The molecule has 0 unspecified atom stereocenters. The van der Waals surface area contributed by atoms with Gasteiger partial charge in [-0.1, -0.05) is 188 Å². The van der Waals surface area contributed by atoms with Crippen molar-refractivity contribution in [3.8, 4) is 51.0 Å². The first kappa shape index (κ1) is 32.0. The highest BCUT2D eigenvalue weighted by atomic mass is 15.2. The summed E-state index contributed by atoms with van der Waals surface area (Å²) in [6.07, 6.45) is 0. The van der Waals surface area contributed by atoms with Crippen LogP contribution in [0.15, 0.2) is 206 Å². The van der Waals surface area contributed by atoms with Gasteiger partial charge in [-0.05, 0) is 62.7 Å². The molecular formula is C52H34N4. The molecule has 0 amide bonds. The molecule has 0 fully saturated rings. The molecule has 8 aromatic carbocycles. The summed E-state index contributed by atoms with van der Waals surface area (Å²) in [6, 6.07) is 73.3. The SMILES string of the molecule is c1ccc(-c2nc(-c3ccccc3-c3ccccc3)nc(-n3c4ccccc4c4cc5c(cc43)C(c3ccccc3)(c3ccccc3)c3ccccc3-5)n2)cc1. The van der Waals surface area contributed by atoms with E-state index in [4.69, 9.17) is 15.0 Å². The van der Waals surface area contributed by atoms with Crippen molar-refractivity contribution in [2.24, 2.45) is 0 Å². The van der Waals surface area contributed by atoms with Gasteiger partial charge in [0.05, 0.1) is 16.4 Å². The van der Waals surface area contributed by atoms with E-state index in [-0.39, 0.29) is 0 Å². The highest BCUT2D eigenvalue weighted by Gasteiger charge is 2.46. The van der Waals surface area contributed by atoms with Crippen LogP contribution in [0.5, 0.6) is 0 Å². The smallest absolute Gasteiger partial charge is 0.238 e. The second kappa shape index (κ2) is 12.9. The van der Waals surface area contributed by atoms with E-state index >= 15 is 0 Å². The molecule has 56 heavy (non-hydrogen) atoms. The first-order valence-corrected chi connectivity index (χ1v) is 19.0. The van der Waals surface area contributed by atoms with Gasteiger partial charge in [-0.25, -0.2) is 4.98 Å². The van der Waals surface area contributed by atoms with Gasteiger partial charge in [0.25, 0.3) is 0 Å². The van der Waals surface area contributed by atoms with Gasteiger partial charge in [-0.15, -0.1) is 0 Å². The number of hydrogen-bond donors (Lipinski definition) is 0. The van der Waals surface area contributed by atoms with Crippen LogP contribution in [0.1, 0.15) is 22.3 Å². The van der Waals surface area contributed by atoms with Crippen molar-refractivity contribution in [2.75, 3.05) is 0 Å². The zero-order chi connectivity index (χ0) is 37.1. The average Bonchev–Trinajstić information content (AvgIpc) is 3.76. The van der Waals surface area contributed by atoms with Crippen molar-refractivity contribution in [2.45, 2.75) is 5.41 Å². The van der Waals surface area contributed by atoms with E-state index in [1.807, 2.05) is 24.3 Å². The van der Waals surface area contributed by atoms with Gasteiger partial charge in [0.2, 0.25) is 5.95 Å². The third-order valence-corrected chi connectivity index (χ3v) is 11.4. The lowest BCUT2D eigenvalue weighted by atomic mass is 9.67. The minimum Gasteiger partial charge on any atom is -0.278 e. The maximum absolute atomic E-state index is 5.38. The summed E-state index contributed by atoms with van der Waals surface area (Å²) in [5.74, 6) is 1.81. The predicted molar refractivity (Wildman–Crippen MR) is 228 cm³/mol. The predicted octanol–water partition coefficient (Wildman–Crippen LogP) is 12.3. The number of aromatic nitrogens is 4. The van der Waals surface area contributed by atoms with Crippen LogP contribution < -0.4 is 0 Å². The first-order valence-electron chi connectivity index (χ1n) is 19.0. The van der Waals surface area contributed by atoms with Crippen LogP contribution >= 0.6 is 0 Å². The van der Waals surface area contributed by atoms with Gasteiger partial charge in [0.1, 0.15) is 0 Å². The number of benzene rings is 8. The molecule has 2 aromatic heterocycles. The summed E-state index contributed by atoms with van der Waals surface area (Å²) in [6.45, 7) is 0. The second-order valence-corrected chi connectivity index (χ2v) is 14.4. The Hall–Kier alpha value is -7.43. The molecule has 4 nitrogen and oxygen atoms in total. The van der Waals surface area contributed by atoms with E-state index in [0.717, 1.165) is 44.1 Å². The van der Waals surface area contributed by atoms with Crippen LogP contribution in [0.2, 0.25) is 0 Å². The Morgan fingerprint density at radius 1 is 0.339 bits per heavy atom. The molecule has 0 aliphatic heterocycles. The molecule has 0 saturated heterocycles. The van der Waals surface area contributed by atoms with Crippen LogP contribution in [0.4, 0.5) is 0 Å². The zero-order valence-electron chi connectivity index (χ0n) is 30.4. The zero-order valence-corrected chi connectivity index (χ0v) is 30.4. The summed E-state index contributed by atoms with van der Waals surface area (Å²) in [5, 5.41) is 2.30. The molecule has 10 aromatic rings. The normalized spacial score (nSPS) is 12.8. The van der Waals surface area contributed by atoms with Crippen molar-refractivity contribution in [3.63, 3.8) is 0 Å².